The maximum atomic E-state index is 12.1. The lowest BCUT2D eigenvalue weighted by Gasteiger charge is -2.03. The molecular weight excluding hydrogens is 366 g/mol. The molecule has 0 aliphatic carbocycles. The summed E-state index contributed by atoms with van der Waals surface area (Å²) in [6.45, 7) is 0. The van der Waals surface area contributed by atoms with Crippen molar-refractivity contribution in [2.45, 2.75) is 6.42 Å². The van der Waals surface area contributed by atoms with Gasteiger partial charge in [0.1, 0.15) is 0 Å². The summed E-state index contributed by atoms with van der Waals surface area (Å²) in [6, 6.07) is 7.22. The molecular formula is C12H9Br2NOS. The van der Waals surface area contributed by atoms with Gasteiger partial charge in [0.05, 0.1) is 0 Å². The Morgan fingerprint density at radius 1 is 1.29 bits per heavy atom. The van der Waals surface area contributed by atoms with Gasteiger partial charge < -0.3 is 5.73 Å². The van der Waals surface area contributed by atoms with Crippen LogP contribution in [-0.4, -0.2) is 5.78 Å². The fourth-order valence-electron chi connectivity index (χ4n) is 1.47. The van der Waals surface area contributed by atoms with Crippen LogP contribution in [0.3, 0.4) is 0 Å². The molecule has 0 unspecified atom stereocenters. The molecule has 0 amide bonds. The van der Waals surface area contributed by atoms with Crippen LogP contribution in [0, 0.1) is 0 Å². The number of halogens is 2. The number of benzene rings is 1. The first kappa shape index (κ1) is 12.8. The molecule has 17 heavy (non-hydrogen) atoms. The largest absolute Gasteiger partial charge is 0.399 e. The van der Waals surface area contributed by atoms with Gasteiger partial charge in [-0.05, 0) is 45.6 Å². The van der Waals surface area contributed by atoms with E-state index in [1.165, 1.54) is 0 Å². The van der Waals surface area contributed by atoms with Crippen molar-refractivity contribution in [3.8, 4) is 0 Å². The number of hydrogen-bond acceptors (Lipinski definition) is 3. The highest BCUT2D eigenvalue weighted by Crippen LogP contribution is 2.25. The van der Waals surface area contributed by atoms with Crippen molar-refractivity contribution in [3.63, 3.8) is 0 Å². The van der Waals surface area contributed by atoms with Gasteiger partial charge in [-0.1, -0.05) is 15.9 Å². The third kappa shape index (κ3) is 3.18. The van der Waals surface area contributed by atoms with Crippen molar-refractivity contribution in [3.05, 3.63) is 49.0 Å². The second-order valence-electron chi connectivity index (χ2n) is 3.56. The number of nitrogens with two attached hydrogens (primary N) is 1. The first-order valence-corrected chi connectivity index (χ1v) is 7.34. The van der Waals surface area contributed by atoms with Crippen molar-refractivity contribution in [1.29, 1.82) is 0 Å². The zero-order valence-electron chi connectivity index (χ0n) is 8.74. The molecule has 0 saturated carbocycles. The molecule has 0 fully saturated rings. The molecule has 0 saturated heterocycles. The molecule has 0 atom stereocenters. The van der Waals surface area contributed by atoms with E-state index in [1.54, 1.807) is 29.5 Å². The van der Waals surface area contributed by atoms with Crippen LogP contribution in [-0.2, 0) is 6.42 Å². The van der Waals surface area contributed by atoms with Crippen molar-refractivity contribution in [2.24, 2.45) is 0 Å². The molecule has 2 N–H and O–H groups in total. The predicted molar refractivity (Wildman–Crippen MR) is 78.6 cm³/mol. The van der Waals surface area contributed by atoms with Crippen LogP contribution in [0.15, 0.2) is 38.6 Å². The minimum Gasteiger partial charge on any atom is -0.399 e. The van der Waals surface area contributed by atoms with E-state index < -0.39 is 0 Å². The molecule has 1 aromatic carbocycles. The highest BCUT2D eigenvalue weighted by atomic mass is 79.9. The zero-order chi connectivity index (χ0) is 12.4. The topological polar surface area (TPSA) is 43.1 Å². The number of ketones is 1. The molecule has 0 aliphatic rings. The van der Waals surface area contributed by atoms with Gasteiger partial charge in [-0.25, -0.2) is 0 Å². The Labute approximate surface area is 120 Å². The zero-order valence-corrected chi connectivity index (χ0v) is 12.7. The molecule has 5 heteroatoms. The van der Waals surface area contributed by atoms with E-state index in [1.807, 2.05) is 11.4 Å². The summed E-state index contributed by atoms with van der Waals surface area (Å²) in [5.41, 5.74) is 6.94. The number of hydrogen-bond donors (Lipinski definition) is 1. The second kappa shape index (κ2) is 5.33. The molecule has 0 aliphatic heterocycles. The highest BCUT2D eigenvalue weighted by Gasteiger charge is 2.11. The van der Waals surface area contributed by atoms with E-state index in [2.05, 4.69) is 31.9 Å². The van der Waals surface area contributed by atoms with Crippen molar-refractivity contribution < 1.29 is 4.79 Å². The number of thiophene rings is 1. The summed E-state index contributed by atoms with van der Waals surface area (Å²) in [6.07, 6.45) is 0.397. The minimum atomic E-state index is 0.0705. The van der Waals surface area contributed by atoms with Gasteiger partial charge in [-0.2, -0.15) is 0 Å². The lowest BCUT2D eigenvalue weighted by molar-refractivity contribution is 0.0993. The van der Waals surface area contributed by atoms with Crippen LogP contribution in [0.5, 0.6) is 0 Å². The fourth-order valence-corrected chi connectivity index (χ4v) is 3.47. The van der Waals surface area contributed by atoms with Crippen LogP contribution < -0.4 is 5.73 Å². The molecule has 2 aromatic rings. The summed E-state index contributed by atoms with van der Waals surface area (Å²) in [5, 5.41) is 1.96. The number of anilines is 1. The van der Waals surface area contributed by atoms with E-state index in [9.17, 15) is 4.79 Å². The predicted octanol–water partition coefficient (Wildman–Crippen LogP) is 4.28. The highest BCUT2D eigenvalue weighted by molar-refractivity contribution is 9.10. The number of carbonyl (C=O) groups excluding carboxylic acids is 1. The number of rotatable bonds is 3. The van der Waals surface area contributed by atoms with Crippen LogP contribution in [0.25, 0.3) is 0 Å². The van der Waals surface area contributed by atoms with E-state index in [-0.39, 0.29) is 5.78 Å². The molecule has 0 spiro atoms. The van der Waals surface area contributed by atoms with Gasteiger partial charge in [0, 0.05) is 31.5 Å². The summed E-state index contributed by atoms with van der Waals surface area (Å²) < 4.78 is 1.81. The number of Topliss-reactive ketones (excluding diaryl/α,β-unsaturated/α-hetero) is 1. The first-order chi connectivity index (χ1) is 8.06. The minimum absolute atomic E-state index is 0.0705. The van der Waals surface area contributed by atoms with Gasteiger partial charge in [0.15, 0.2) is 5.78 Å². The van der Waals surface area contributed by atoms with E-state index in [0.29, 0.717) is 17.7 Å². The second-order valence-corrected chi connectivity index (χ2v) is 6.34. The van der Waals surface area contributed by atoms with Crippen molar-refractivity contribution in [2.75, 3.05) is 5.73 Å². The number of nitrogen functional groups attached to an aromatic ring is 1. The van der Waals surface area contributed by atoms with Crippen LogP contribution >= 0.6 is 43.2 Å². The van der Waals surface area contributed by atoms with Crippen molar-refractivity contribution >= 4 is 54.7 Å². The Balaban J connectivity index is 2.23. The fraction of sp³-hybridized carbons (Fsp3) is 0.0833. The van der Waals surface area contributed by atoms with Gasteiger partial charge in [-0.3, -0.25) is 4.79 Å². The van der Waals surface area contributed by atoms with E-state index in [4.69, 9.17) is 5.73 Å². The Kier molecular flexibility index (Phi) is 4.01. The Hall–Kier alpha value is -0.650. The molecule has 0 bridgehead atoms. The Morgan fingerprint density at radius 2 is 2.06 bits per heavy atom. The van der Waals surface area contributed by atoms with Gasteiger partial charge >= 0.3 is 0 Å². The monoisotopic (exact) mass is 373 g/mol. The maximum absolute atomic E-state index is 12.1. The average Bonchev–Trinajstić information content (AvgIpc) is 2.63. The van der Waals surface area contributed by atoms with Crippen LogP contribution in [0.1, 0.15) is 15.2 Å². The third-order valence-corrected chi connectivity index (χ3v) is 4.64. The lowest BCUT2D eigenvalue weighted by Crippen LogP contribution is -2.03. The van der Waals surface area contributed by atoms with Crippen molar-refractivity contribution in [1.82, 2.24) is 0 Å². The van der Waals surface area contributed by atoms with Gasteiger partial charge in [0.2, 0.25) is 0 Å². The summed E-state index contributed by atoms with van der Waals surface area (Å²) in [5.74, 6) is 0.0705. The van der Waals surface area contributed by atoms with E-state index in [0.717, 1.165) is 13.8 Å². The lowest BCUT2D eigenvalue weighted by atomic mass is 10.1. The molecule has 88 valence electrons. The van der Waals surface area contributed by atoms with E-state index >= 15 is 0 Å². The Bertz CT molecular complexity index is 545. The summed E-state index contributed by atoms with van der Waals surface area (Å²) in [7, 11) is 0. The normalized spacial score (nSPS) is 10.5. The summed E-state index contributed by atoms with van der Waals surface area (Å²) >= 11 is 8.33. The molecule has 1 aromatic heterocycles. The number of carbonyl (C=O) groups is 1. The third-order valence-electron chi connectivity index (χ3n) is 2.25. The molecule has 2 nitrogen and oxygen atoms in total. The Morgan fingerprint density at radius 3 is 2.65 bits per heavy atom. The molecule has 0 radical (unpaired) electrons. The smallest absolute Gasteiger partial charge is 0.168 e. The maximum Gasteiger partial charge on any atom is 0.168 e. The van der Waals surface area contributed by atoms with Gasteiger partial charge in [0.25, 0.3) is 0 Å². The SMILES string of the molecule is Nc1cc(Br)cc(C(=O)Cc2sccc2Br)c1. The average molecular weight is 375 g/mol. The molecule has 1 heterocycles. The van der Waals surface area contributed by atoms with Crippen LogP contribution in [0.2, 0.25) is 0 Å². The van der Waals surface area contributed by atoms with Gasteiger partial charge in [-0.15, -0.1) is 11.3 Å². The van der Waals surface area contributed by atoms with Crippen LogP contribution in [0.4, 0.5) is 5.69 Å². The standard InChI is InChI=1S/C12H9Br2NOS/c13-8-3-7(4-9(15)5-8)11(16)6-12-10(14)1-2-17-12/h1-5H,6,15H2. The quantitative estimate of drug-likeness (QED) is 0.643. The molecule has 2 rings (SSSR count). The summed E-state index contributed by atoms with van der Waals surface area (Å²) in [4.78, 5) is 13.1. The first-order valence-electron chi connectivity index (χ1n) is 4.87.